The summed E-state index contributed by atoms with van der Waals surface area (Å²) in [6.45, 7) is 2.60. The highest BCUT2D eigenvalue weighted by Crippen LogP contribution is 2.46. The molecular formula is C38H37F4N7O4. The Bertz CT molecular complexity index is 2260. The maximum Gasteiger partial charge on any atom is 0.319 e. The summed E-state index contributed by atoms with van der Waals surface area (Å²) in [5, 5.41) is 12.2. The van der Waals surface area contributed by atoms with E-state index in [1.165, 1.54) is 25.3 Å². The van der Waals surface area contributed by atoms with Crippen LogP contribution in [0.15, 0.2) is 36.4 Å². The molecule has 5 heterocycles. The number of nitrogens with two attached hydrogens (primary N) is 1. The highest BCUT2D eigenvalue weighted by molar-refractivity contribution is 6.05. The molecule has 2 saturated heterocycles. The summed E-state index contributed by atoms with van der Waals surface area (Å²) in [4.78, 5) is 21.7. The summed E-state index contributed by atoms with van der Waals surface area (Å²) in [5.74, 6) is -0.446. The summed E-state index contributed by atoms with van der Waals surface area (Å²) in [5.41, 5.74) is 6.14. The van der Waals surface area contributed by atoms with E-state index < -0.39 is 34.7 Å². The van der Waals surface area contributed by atoms with Crippen LogP contribution in [0, 0.1) is 29.8 Å². The first kappa shape index (κ1) is 35.9. The molecule has 3 aliphatic heterocycles. The van der Waals surface area contributed by atoms with Crippen LogP contribution in [0.2, 0.25) is 0 Å². The number of carbonyl (C=O) groups is 1. The van der Waals surface area contributed by atoms with Gasteiger partial charge in [0.2, 0.25) is 0 Å². The Balaban J connectivity index is 0.00000140. The number of anilines is 1. The van der Waals surface area contributed by atoms with Gasteiger partial charge in [-0.05, 0) is 48.9 Å². The number of rotatable bonds is 7. The Labute approximate surface area is 302 Å². The van der Waals surface area contributed by atoms with Gasteiger partial charge in [-0.2, -0.15) is 15.1 Å². The molecule has 0 aliphatic carbocycles. The van der Waals surface area contributed by atoms with Crippen molar-refractivity contribution in [3.05, 3.63) is 70.8 Å². The highest BCUT2D eigenvalue weighted by atomic mass is 19.1. The molecule has 0 bridgehead atoms. The molecule has 0 spiro atoms. The van der Waals surface area contributed by atoms with Gasteiger partial charge in [-0.1, -0.05) is 30.2 Å². The predicted molar refractivity (Wildman–Crippen MR) is 190 cm³/mol. The number of ether oxygens (including phenoxy) is 2. The SMILES string of the molecule is C#Cc1c(F)ccc2cccc(-c3c(F)c(OC)c4c(N5CCCn6nc(CN)cc6C5)nc(OC[C@@]56CCCN5C[C@H](F)C6)nc4c3F)c12.O=CO. The third-order valence-corrected chi connectivity index (χ3v) is 10.4. The van der Waals surface area contributed by atoms with Crippen LogP contribution >= 0.6 is 0 Å². The Hall–Kier alpha value is -5.46. The lowest BCUT2D eigenvalue weighted by Gasteiger charge is -2.31. The minimum atomic E-state index is -1.01. The molecule has 3 aromatic carbocycles. The van der Waals surface area contributed by atoms with E-state index in [-0.39, 0.29) is 64.6 Å². The molecule has 53 heavy (non-hydrogen) atoms. The van der Waals surface area contributed by atoms with E-state index in [1.54, 1.807) is 12.1 Å². The smallest absolute Gasteiger partial charge is 0.319 e. The second-order valence-corrected chi connectivity index (χ2v) is 13.4. The second kappa shape index (κ2) is 14.5. The van der Waals surface area contributed by atoms with Gasteiger partial charge in [-0.15, -0.1) is 6.42 Å². The molecule has 2 fully saturated rings. The van der Waals surface area contributed by atoms with Crippen molar-refractivity contribution in [2.75, 3.05) is 38.3 Å². The largest absolute Gasteiger partial charge is 0.493 e. The fourth-order valence-electron chi connectivity index (χ4n) is 8.11. The van der Waals surface area contributed by atoms with Crippen LogP contribution in [0.25, 0.3) is 32.8 Å². The molecule has 0 radical (unpaired) electrons. The zero-order valence-corrected chi connectivity index (χ0v) is 28.9. The van der Waals surface area contributed by atoms with E-state index in [9.17, 15) is 8.78 Å². The Morgan fingerprint density at radius 3 is 2.68 bits per heavy atom. The minimum absolute atomic E-state index is 0.0135. The van der Waals surface area contributed by atoms with Crippen LogP contribution in [0.3, 0.4) is 0 Å². The van der Waals surface area contributed by atoms with E-state index in [2.05, 4.69) is 20.9 Å². The minimum Gasteiger partial charge on any atom is -0.493 e. The maximum atomic E-state index is 17.2. The zero-order valence-electron chi connectivity index (χ0n) is 28.9. The second-order valence-electron chi connectivity index (χ2n) is 13.4. The average Bonchev–Trinajstić information content (AvgIpc) is 3.78. The lowest BCUT2D eigenvalue weighted by Crippen LogP contribution is -2.43. The van der Waals surface area contributed by atoms with Gasteiger partial charge in [0.25, 0.3) is 6.47 Å². The molecular weight excluding hydrogens is 694 g/mol. The zero-order chi connectivity index (χ0) is 37.4. The van der Waals surface area contributed by atoms with Gasteiger partial charge in [-0.3, -0.25) is 14.4 Å². The summed E-state index contributed by atoms with van der Waals surface area (Å²) < 4.78 is 77.5. The van der Waals surface area contributed by atoms with Gasteiger partial charge >= 0.3 is 6.01 Å². The number of alkyl halides is 1. The number of aryl methyl sites for hydroxylation is 1. The van der Waals surface area contributed by atoms with Crippen molar-refractivity contribution in [2.24, 2.45) is 5.73 Å². The first-order valence-corrected chi connectivity index (χ1v) is 17.2. The van der Waals surface area contributed by atoms with Crippen LogP contribution < -0.4 is 20.1 Å². The number of nitrogens with zero attached hydrogens (tertiary/aromatic N) is 6. The molecule has 0 saturated carbocycles. The van der Waals surface area contributed by atoms with E-state index in [0.717, 1.165) is 30.8 Å². The predicted octanol–water partition coefficient (Wildman–Crippen LogP) is 5.58. The van der Waals surface area contributed by atoms with E-state index >= 15 is 8.78 Å². The van der Waals surface area contributed by atoms with Gasteiger partial charge in [0, 0.05) is 38.0 Å². The molecule has 276 valence electrons. The van der Waals surface area contributed by atoms with Crippen molar-refractivity contribution in [3.8, 4) is 35.2 Å². The number of hydrogen-bond donors (Lipinski definition) is 2. The van der Waals surface area contributed by atoms with Gasteiger partial charge in [-0.25, -0.2) is 17.6 Å². The molecule has 15 heteroatoms. The summed E-state index contributed by atoms with van der Waals surface area (Å²) in [7, 11) is 1.29. The number of methoxy groups -OCH3 is 1. The molecule has 3 aliphatic rings. The van der Waals surface area contributed by atoms with Gasteiger partial charge in [0.05, 0.1) is 47.1 Å². The van der Waals surface area contributed by atoms with Gasteiger partial charge in [0.15, 0.2) is 17.4 Å². The van der Waals surface area contributed by atoms with Crippen LogP contribution in [0.5, 0.6) is 11.8 Å². The topological polar surface area (TPSA) is 132 Å². The van der Waals surface area contributed by atoms with Crippen LogP contribution in [0.4, 0.5) is 23.4 Å². The van der Waals surface area contributed by atoms with Gasteiger partial charge < -0.3 is 25.2 Å². The Morgan fingerprint density at radius 2 is 1.92 bits per heavy atom. The fraction of sp³-hybridized carbons (Fsp3) is 0.368. The van der Waals surface area contributed by atoms with Gasteiger partial charge in [0.1, 0.15) is 29.9 Å². The standard InChI is InChI=1S/C37H35F4N7O2.CH2O2/c1-3-25-27(39)10-9-21-7-4-8-26(28(21)25)29-31(40)33-30(34(49-2)32(29)41)35(46-12-6-14-48-24(19-46)15-23(17-42)45-48)44-36(43-33)50-20-37-11-5-13-47(37)18-22(38)16-37;2-1-3/h1,4,7-10,15,22H,5-6,11-14,16-20,42H2,2H3;1H,(H,2,3)/t22-,37+;/m1./s1. The molecule has 0 amide bonds. The molecule has 5 aromatic rings. The van der Waals surface area contributed by atoms with E-state index in [0.29, 0.717) is 44.4 Å². The summed E-state index contributed by atoms with van der Waals surface area (Å²) >= 11 is 0. The van der Waals surface area contributed by atoms with E-state index in [4.69, 9.17) is 36.5 Å². The van der Waals surface area contributed by atoms with Crippen LogP contribution in [0.1, 0.15) is 42.6 Å². The number of halogens is 4. The van der Waals surface area contributed by atoms with Crippen molar-refractivity contribution in [2.45, 2.75) is 57.0 Å². The molecule has 11 nitrogen and oxygen atoms in total. The number of carboxylic acid groups (broad SMARTS) is 1. The third kappa shape index (κ3) is 6.25. The number of benzene rings is 3. The summed E-state index contributed by atoms with van der Waals surface area (Å²) in [6.07, 6.45) is 7.37. The molecule has 8 rings (SSSR count). The maximum absolute atomic E-state index is 17.2. The van der Waals surface area contributed by atoms with E-state index in [1.807, 2.05) is 15.6 Å². The first-order valence-electron chi connectivity index (χ1n) is 17.2. The molecule has 3 N–H and O–H groups in total. The molecule has 2 atom stereocenters. The third-order valence-electron chi connectivity index (χ3n) is 10.4. The highest BCUT2D eigenvalue weighted by Gasteiger charge is 2.49. The first-order chi connectivity index (χ1) is 25.7. The van der Waals surface area contributed by atoms with Crippen molar-refractivity contribution >= 4 is 34.0 Å². The number of fused-ring (bicyclic) bond motifs is 4. The Morgan fingerprint density at radius 1 is 1.11 bits per heavy atom. The van der Waals surface area contributed by atoms with Crippen molar-refractivity contribution in [1.82, 2.24) is 24.6 Å². The molecule has 0 unspecified atom stereocenters. The van der Waals surface area contributed by atoms with Crippen molar-refractivity contribution in [1.29, 1.82) is 0 Å². The average molecular weight is 732 g/mol. The van der Waals surface area contributed by atoms with Crippen molar-refractivity contribution in [3.63, 3.8) is 0 Å². The quantitative estimate of drug-likeness (QED) is 0.124. The Kier molecular flexibility index (Phi) is 9.84. The van der Waals surface area contributed by atoms with Crippen LogP contribution in [-0.4, -0.2) is 81.3 Å². The fourth-order valence-corrected chi connectivity index (χ4v) is 8.11. The normalized spacial score (nSPS) is 19.6. The lowest BCUT2D eigenvalue weighted by molar-refractivity contribution is -0.122. The number of hydrogen-bond acceptors (Lipinski definition) is 9. The monoisotopic (exact) mass is 731 g/mol. The lowest BCUT2D eigenvalue weighted by atomic mass is 9.92. The number of terminal acetylenes is 1. The number of aromatic nitrogens is 4. The van der Waals surface area contributed by atoms with Crippen LogP contribution in [-0.2, 0) is 24.4 Å². The summed E-state index contributed by atoms with van der Waals surface area (Å²) in [6, 6.07) is 9.29. The molecule has 2 aromatic heterocycles. The van der Waals surface area contributed by atoms with Crippen molar-refractivity contribution < 1.29 is 36.9 Å².